The van der Waals surface area contributed by atoms with Crippen LogP contribution in [0.1, 0.15) is 79.9 Å². The number of aromatic nitrogens is 4. The van der Waals surface area contributed by atoms with E-state index in [2.05, 4.69) is 112 Å². The number of benzene rings is 1. The molecule has 12 nitrogen and oxygen atoms in total. The average molecular weight is 757 g/mol. The highest BCUT2D eigenvalue weighted by molar-refractivity contribution is 6.75. The van der Waals surface area contributed by atoms with E-state index in [0.717, 1.165) is 5.56 Å². The number of imidazole rings is 1. The zero-order valence-electron chi connectivity index (χ0n) is 33.3. The minimum atomic E-state index is -2.43. The van der Waals surface area contributed by atoms with Gasteiger partial charge in [0.05, 0.1) is 11.5 Å². The van der Waals surface area contributed by atoms with E-state index in [9.17, 15) is 10.1 Å². The molecule has 0 aliphatic carbocycles. The lowest BCUT2D eigenvalue weighted by atomic mass is 10.1. The predicted octanol–water partition coefficient (Wildman–Crippen LogP) is 9.19. The van der Waals surface area contributed by atoms with Gasteiger partial charge in [0.25, 0.3) is 5.69 Å². The molecule has 1 fully saturated rings. The molecule has 3 heterocycles. The third-order valence-corrected chi connectivity index (χ3v) is 24.9. The van der Waals surface area contributed by atoms with Gasteiger partial charge in [0.2, 0.25) is 0 Å². The second-order valence-corrected chi connectivity index (χ2v) is 32.6. The molecule has 0 spiro atoms. The summed E-state index contributed by atoms with van der Waals surface area (Å²) in [5.74, 6) is 0.775. The van der Waals surface area contributed by atoms with Crippen molar-refractivity contribution in [3.05, 3.63) is 52.1 Å². The van der Waals surface area contributed by atoms with Crippen LogP contribution in [0.25, 0.3) is 23.3 Å². The van der Waals surface area contributed by atoms with Gasteiger partial charge in [0, 0.05) is 12.1 Å². The van der Waals surface area contributed by atoms with Gasteiger partial charge in [0.1, 0.15) is 30.5 Å². The van der Waals surface area contributed by atoms with Crippen LogP contribution in [-0.4, -0.2) is 74.3 Å². The van der Waals surface area contributed by atoms with Crippen molar-refractivity contribution in [1.82, 2.24) is 19.5 Å². The first-order valence-corrected chi connectivity index (χ1v) is 26.5. The fraction of sp³-hybridized carbons (Fsp3) is 0.639. The van der Waals surface area contributed by atoms with Crippen molar-refractivity contribution in [3.8, 4) is 0 Å². The summed E-state index contributed by atoms with van der Waals surface area (Å²) in [5, 5.41) is 11.1. The van der Waals surface area contributed by atoms with E-state index in [-0.39, 0.29) is 26.6 Å². The van der Waals surface area contributed by atoms with Crippen LogP contribution in [0, 0.1) is 10.1 Å². The molecule has 1 aliphatic heterocycles. The van der Waals surface area contributed by atoms with E-state index in [4.69, 9.17) is 28.7 Å². The number of hydrogen-bond acceptors (Lipinski definition) is 10. The van der Waals surface area contributed by atoms with Crippen LogP contribution in [0.2, 0.25) is 54.4 Å². The Morgan fingerprint density at radius 1 is 0.843 bits per heavy atom. The monoisotopic (exact) mass is 756 g/mol. The number of nitrogens with two attached hydrogens (primary N) is 1. The van der Waals surface area contributed by atoms with E-state index in [1.54, 1.807) is 12.1 Å². The minimum absolute atomic E-state index is 0.00264. The maximum atomic E-state index is 11.3. The molecule has 282 valence electrons. The van der Waals surface area contributed by atoms with Crippen LogP contribution in [0.3, 0.4) is 0 Å². The molecule has 2 aromatic heterocycles. The summed E-state index contributed by atoms with van der Waals surface area (Å²) in [7, 11) is -6.97. The largest absolute Gasteiger partial charge is 0.414 e. The van der Waals surface area contributed by atoms with Crippen molar-refractivity contribution in [2.24, 2.45) is 0 Å². The van der Waals surface area contributed by atoms with Gasteiger partial charge in [0.15, 0.2) is 48.2 Å². The van der Waals surface area contributed by atoms with Crippen LogP contribution >= 0.6 is 0 Å². The Balaban J connectivity index is 1.93. The second kappa shape index (κ2) is 14.2. The number of nitrogens with zero attached hydrogens (tertiary/aromatic N) is 5. The lowest BCUT2D eigenvalue weighted by molar-refractivity contribution is -0.384. The van der Waals surface area contributed by atoms with E-state index >= 15 is 0 Å². The molecule has 2 N–H and O–H groups in total. The van der Waals surface area contributed by atoms with Crippen molar-refractivity contribution in [1.29, 1.82) is 0 Å². The summed E-state index contributed by atoms with van der Waals surface area (Å²) in [6, 6.07) is 6.35. The maximum absolute atomic E-state index is 11.3. The van der Waals surface area contributed by atoms with Crippen LogP contribution < -0.4 is 5.73 Å². The topological polar surface area (TPSA) is 150 Å². The van der Waals surface area contributed by atoms with Gasteiger partial charge in [-0.05, 0) is 78.2 Å². The Labute approximate surface area is 307 Å². The van der Waals surface area contributed by atoms with Gasteiger partial charge in [-0.25, -0.2) is 15.0 Å². The molecule has 0 radical (unpaired) electrons. The summed E-state index contributed by atoms with van der Waals surface area (Å²) in [6.45, 7) is 33.9. The Hall–Kier alpha value is -2.80. The fourth-order valence-electron chi connectivity index (χ4n) is 5.05. The molecule has 4 atom stereocenters. The van der Waals surface area contributed by atoms with Gasteiger partial charge in [-0.1, -0.05) is 68.4 Å². The highest BCUT2D eigenvalue weighted by Gasteiger charge is 2.55. The van der Waals surface area contributed by atoms with Crippen LogP contribution in [0.4, 0.5) is 11.5 Å². The minimum Gasteiger partial charge on any atom is -0.414 e. The third kappa shape index (κ3) is 8.71. The lowest BCUT2D eigenvalue weighted by Gasteiger charge is -2.44. The van der Waals surface area contributed by atoms with Gasteiger partial charge in [-0.2, -0.15) is 0 Å². The van der Waals surface area contributed by atoms with E-state index in [1.807, 2.05) is 16.7 Å². The fourth-order valence-corrected chi connectivity index (χ4v) is 8.67. The molecule has 0 amide bonds. The zero-order chi connectivity index (χ0) is 38.5. The van der Waals surface area contributed by atoms with Crippen LogP contribution in [-0.2, 0) is 18.0 Å². The molecule has 1 aliphatic rings. The van der Waals surface area contributed by atoms with Crippen LogP contribution in [0.5, 0.6) is 0 Å². The number of hydrogen-bond donors (Lipinski definition) is 1. The van der Waals surface area contributed by atoms with Crippen molar-refractivity contribution in [2.75, 3.05) is 12.3 Å². The highest BCUT2D eigenvalue weighted by Crippen LogP contribution is 2.47. The molecule has 51 heavy (non-hydrogen) atoms. The molecule has 3 aromatic rings. The van der Waals surface area contributed by atoms with Crippen molar-refractivity contribution in [3.63, 3.8) is 0 Å². The number of rotatable bonds is 11. The van der Waals surface area contributed by atoms with Gasteiger partial charge >= 0.3 is 0 Å². The molecule has 0 unspecified atom stereocenters. The summed E-state index contributed by atoms with van der Waals surface area (Å²) in [5.41, 5.74) is 8.13. The number of non-ortho nitro benzene ring substituents is 1. The Morgan fingerprint density at radius 3 is 1.88 bits per heavy atom. The van der Waals surface area contributed by atoms with Crippen molar-refractivity contribution >= 4 is 59.8 Å². The first-order valence-electron chi connectivity index (χ1n) is 17.7. The van der Waals surface area contributed by atoms with Crippen molar-refractivity contribution in [2.45, 2.75) is 141 Å². The first-order chi connectivity index (χ1) is 23.2. The number of nitro benzene ring substituents is 1. The summed E-state index contributed by atoms with van der Waals surface area (Å²) >= 11 is 0. The summed E-state index contributed by atoms with van der Waals surface area (Å²) in [4.78, 5) is 24.7. The van der Waals surface area contributed by atoms with E-state index < -0.39 is 54.4 Å². The SMILES string of the molecule is CC(C)(C)[Si](C)(C)OC[C@H]1O[C@@H](n2c(/C=C/c3ccc([N+](=O)[O-])cc3)nc3c(N)ncnc32)[C@H](O[Si](C)(C)C(C)(C)C)[C@@H]1O[Si](C)(C)C(C)(C)C. The van der Waals surface area contributed by atoms with Crippen LogP contribution in [0.15, 0.2) is 30.6 Å². The number of nitrogen functional groups attached to an aromatic ring is 1. The molecule has 0 bridgehead atoms. The molecule has 4 rings (SSSR count). The highest BCUT2D eigenvalue weighted by atomic mass is 28.4. The number of fused-ring (bicyclic) bond motifs is 1. The normalized spacial score (nSPS) is 21.2. The molecule has 15 heteroatoms. The maximum Gasteiger partial charge on any atom is 0.269 e. The number of anilines is 1. The zero-order valence-corrected chi connectivity index (χ0v) is 36.3. The van der Waals surface area contributed by atoms with Gasteiger partial charge < -0.3 is 23.7 Å². The van der Waals surface area contributed by atoms with E-state index in [1.165, 1.54) is 18.5 Å². The molecular formula is C36H60N6O6Si3. The van der Waals surface area contributed by atoms with Gasteiger partial charge in [-0.15, -0.1) is 0 Å². The Bertz CT molecular complexity index is 1740. The second-order valence-electron chi connectivity index (χ2n) is 18.3. The predicted molar refractivity (Wildman–Crippen MR) is 213 cm³/mol. The molecule has 0 saturated carbocycles. The molecular weight excluding hydrogens is 697 g/mol. The van der Waals surface area contributed by atoms with Gasteiger partial charge in [-0.3, -0.25) is 14.7 Å². The van der Waals surface area contributed by atoms with E-state index in [0.29, 0.717) is 23.6 Å². The first kappa shape index (κ1) is 41.0. The smallest absolute Gasteiger partial charge is 0.269 e. The summed E-state index contributed by atoms with van der Waals surface area (Å²) in [6.07, 6.45) is 3.00. The number of ether oxygens (including phenoxy) is 1. The lowest BCUT2D eigenvalue weighted by Crippen LogP contribution is -2.54. The summed E-state index contributed by atoms with van der Waals surface area (Å²) < 4.78 is 30.7. The quantitative estimate of drug-likeness (QED) is 0.114. The number of nitro groups is 1. The standard InChI is InChI=1S/C36H60N6O6Si3/c1-34(2,3)49(10,11)45-22-26-29(47-50(12,13)35(4,5)6)30(48-51(14,15)36(7,8)9)33(46-26)41-27(40-28-31(37)38-23-39-32(28)41)21-18-24-16-19-25(20-17-24)42(43)44/h16-21,23,26,29-30,33H,22H2,1-15H3,(H2,37,38,39)/b21-18+/t26-,29-,30-,33-/m1/s1. The molecule has 1 saturated heterocycles. The Kier molecular flexibility index (Phi) is 11.4. The van der Waals surface area contributed by atoms with Crippen molar-refractivity contribution < 1.29 is 22.9 Å². The average Bonchev–Trinajstić information content (AvgIpc) is 3.51. The Morgan fingerprint density at radius 2 is 1.37 bits per heavy atom. The molecule has 1 aromatic carbocycles. The third-order valence-electron chi connectivity index (χ3n) is 11.5.